The van der Waals surface area contributed by atoms with E-state index in [4.69, 9.17) is 20.8 Å². The fourth-order valence-corrected chi connectivity index (χ4v) is 3.13. The number of carbonyl (C=O) groups is 1. The van der Waals surface area contributed by atoms with Gasteiger partial charge in [0.1, 0.15) is 5.58 Å². The highest BCUT2D eigenvalue weighted by Gasteiger charge is 2.17. The number of rotatable bonds is 5. The number of anilines is 1. The van der Waals surface area contributed by atoms with Crippen LogP contribution in [0.1, 0.15) is 23.0 Å². The van der Waals surface area contributed by atoms with E-state index in [9.17, 15) is 9.59 Å². The van der Waals surface area contributed by atoms with Crippen molar-refractivity contribution >= 4 is 51.4 Å². The van der Waals surface area contributed by atoms with Crippen LogP contribution in [0, 0.1) is 0 Å². The topological polar surface area (TPSA) is 81.4 Å². The summed E-state index contributed by atoms with van der Waals surface area (Å²) in [6, 6.07) is 15.5. The number of benzene rings is 2. The van der Waals surface area contributed by atoms with Gasteiger partial charge in [-0.05, 0) is 55.5 Å². The smallest absolute Gasteiger partial charge is 0.340 e. The van der Waals surface area contributed by atoms with Gasteiger partial charge in [0.05, 0.1) is 28.6 Å². The molecule has 0 bridgehead atoms. The Kier molecular flexibility index (Phi) is 5.50. The SMILES string of the molecule is CCOC(=O)c1cc2c(=O)c3ccccc3oc2nc1/C=C/Nc1ccc(Cl)cc1. The first-order valence-corrected chi connectivity index (χ1v) is 9.67. The van der Waals surface area contributed by atoms with Crippen LogP contribution >= 0.6 is 11.6 Å². The van der Waals surface area contributed by atoms with Crippen molar-refractivity contribution in [3.63, 3.8) is 0 Å². The van der Waals surface area contributed by atoms with E-state index >= 15 is 0 Å². The highest BCUT2D eigenvalue weighted by molar-refractivity contribution is 6.30. The molecule has 0 saturated carbocycles. The van der Waals surface area contributed by atoms with Crippen molar-refractivity contribution in [2.45, 2.75) is 6.92 Å². The Morgan fingerprint density at radius 1 is 1.17 bits per heavy atom. The van der Waals surface area contributed by atoms with E-state index in [1.807, 2.05) is 12.1 Å². The number of carbonyl (C=O) groups excluding carboxylic acids is 1. The third-order valence-electron chi connectivity index (χ3n) is 4.43. The van der Waals surface area contributed by atoms with Gasteiger partial charge in [-0.2, -0.15) is 0 Å². The molecule has 0 aliphatic carbocycles. The summed E-state index contributed by atoms with van der Waals surface area (Å²) in [6.07, 6.45) is 3.26. The van der Waals surface area contributed by atoms with Gasteiger partial charge in [-0.25, -0.2) is 9.78 Å². The first-order chi connectivity index (χ1) is 14.6. The average molecular weight is 421 g/mol. The number of hydrogen-bond acceptors (Lipinski definition) is 6. The summed E-state index contributed by atoms with van der Waals surface area (Å²) < 4.78 is 11.0. The molecule has 0 radical (unpaired) electrons. The van der Waals surface area contributed by atoms with Crippen LogP contribution in [-0.2, 0) is 4.74 Å². The minimum absolute atomic E-state index is 0.151. The maximum Gasteiger partial charge on any atom is 0.340 e. The van der Waals surface area contributed by atoms with E-state index in [1.165, 1.54) is 6.07 Å². The average Bonchev–Trinajstić information content (AvgIpc) is 2.75. The van der Waals surface area contributed by atoms with Gasteiger partial charge in [0.15, 0.2) is 0 Å². The van der Waals surface area contributed by atoms with Crippen LogP contribution in [0.5, 0.6) is 0 Å². The maximum absolute atomic E-state index is 12.9. The fourth-order valence-electron chi connectivity index (χ4n) is 3.01. The molecular formula is C23H17ClN2O4. The van der Waals surface area contributed by atoms with Crippen LogP contribution < -0.4 is 10.7 Å². The van der Waals surface area contributed by atoms with Gasteiger partial charge in [-0.15, -0.1) is 0 Å². The minimum Gasteiger partial charge on any atom is -0.462 e. The molecule has 30 heavy (non-hydrogen) atoms. The molecule has 0 aliphatic heterocycles. The number of nitrogens with zero attached hydrogens (tertiary/aromatic N) is 1. The molecule has 4 rings (SSSR count). The number of ether oxygens (including phenoxy) is 1. The zero-order chi connectivity index (χ0) is 21.1. The molecular weight excluding hydrogens is 404 g/mol. The van der Waals surface area contributed by atoms with Crippen LogP contribution in [0.25, 0.3) is 28.1 Å². The van der Waals surface area contributed by atoms with Crippen LogP contribution in [0.3, 0.4) is 0 Å². The Bertz CT molecular complexity index is 1330. The van der Waals surface area contributed by atoms with Gasteiger partial charge >= 0.3 is 5.97 Å². The number of para-hydroxylation sites is 1. The fraction of sp³-hybridized carbons (Fsp3) is 0.0870. The Balaban J connectivity index is 1.81. The molecule has 4 aromatic rings. The third-order valence-corrected chi connectivity index (χ3v) is 4.68. The number of pyridine rings is 1. The molecule has 0 aliphatic rings. The molecule has 2 aromatic carbocycles. The van der Waals surface area contributed by atoms with Crippen LogP contribution in [-0.4, -0.2) is 17.6 Å². The molecule has 1 N–H and O–H groups in total. The van der Waals surface area contributed by atoms with Crippen molar-refractivity contribution in [1.29, 1.82) is 0 Å². The van der Waals surface area contributed by atoms with E-state index in [0.717, 1.165) is 5.69 Å². The second-order valence-electron chi connectivity index (χ2n) is 6.41. The number of halogens is 1. The second-order valence-corrected chi connectivity index (χ2v) is 6.84. The summed E-state index contributed by atoms with van der Waals surface area (Å²) in [5.41, 5.74) is 1.65. The van der Waals surface area contributed by atoms with Gasteiger partial charge in [0.2, 0.25) is 11.1 Å². The van der Waals surface area contributed by atoms with E-state index in [0.29, 0.717) is 21.7 Å². The highest BCUT2D eigenvalue weighted by atomic mass is 35.5. The summed E-state index contributed by atoms with van der Waals surface area (Å²) in [7, 11) is 0. The summed E-state index contributed by atoms with van der Waals surface area (Å²) in [4.78, 5) is 29.8. The van der Waals surface area contributed by atoms with E-state index < -0.39 is 5.97 Å². The molecule has 0 atom stereocenters. The standard InChI is InChI=1S/C23H17ClN2O4/c1-2-29-23(28)17-13-18-21(27)16-5-3-4-6-20(16)30-22(18)26-19(17)11-12-25-15-9-7-14(24)8-10-15/h3-13,25H,2H2,1H3/b12-11+. The van der Waals surface area contributed by atoms with Gasteiger partial charge in [-0.3, -0.25) is 4.79 Å². The molecule has 0 unspecified atom stereocenters. The van der Waals surface area contributed by atoms with Gasteiger partial charge in [0.25, 0.3) is 0 Å². The Labute approximate surface area is 176 Å². The maximum atomic E-state index is 12.9. The zero-order valence-electron chi connectivity index (χ0n) is 16.0. The zero-order valence-corrected chi connectivity index (χ0v) is 16.8. The molecule has 150 valence electrons. The predicted molar refractivity (Wildman–Crippen MR) is 118 cm³/mol. The van der Waals surface area contributed by atoms with Crippen LogP contribution in [0.15, 0.2) is 70.0 Å². The summed E-state index contributed by atoms with van der Waals surface area (Å²) >= 11 is 5.89. The second kappa shape index (κ2) is 8.39. The van der Waals surface area contributed by atoms with Crippen molar-refractivity contribution in [1.82, 2.24) is 4.98 Å². The summed E-state index contributed by atoms with van der Waals surface area (Å²) in [5, 5.41) is 4.36. The van der Waals surface area contributed by atoms with Crippen LogP contribution in [0.2, 0.25) is 5.02 Å². The molecule has 6 nitrogen and oxygen atoms in total. The minimum atomic E-state index is -0.564. The lowest BCUT2D eigenvalue weighted by atomic mass is 10.1. The van der Waals surface area contributed by atoms with Gasteiger partial charge in [0, 0.05) is 16.9 Å². The Morgan fingerprint density at radius 2 is 1.93 bits per heavy atom. The van der Waals surface area contributed by atoms with Crippen LogP contribution in [0.4, 0.5) is 5.69 Å². The molecule has 0 amide bonds. The summed E-state index contributed by atoms with van der Waals surface area (Å²) in [5.74, 6) is -0.564. The van der Waals surface area contributed by atoms with Gasteiger partial charge in [-0.1, -0.05) is 23.7 Å². The predicted octanol–water partition coefficient (Wildman–Crippen LogP) is 5.25. The molecule has 2 aromatic heterocycles. The molecule has 2 heterocycles. The quantitative estimate of drug-likeness (QED) is 0.350. The number of hydrogen-bond donors (Lipinski definition) is 1. The molecule has 0 saturated heterocycles. The van der Waals surface area contributed by atoms with Crippen molar-refractivity contribution in [2.24, 2.45) is 0 Å². The molecule has 7 heteroatoms. The number of nitrogens with one attached hydrogen (secondary N) is 1. The lowest BCUT2D eigenvalue weighted by Crippen LogP contribution is -2.11. The van der Waals surface area contributed by atoms with E-state index in [2.05, 4.69) is 10.3 Å². The Hall–Kier alpha value is -3.64. The number of esters is 1. The van der Waals surface area contributed by atoms with E-state index in [1.54, 1.807) is 55.6 Å². The normalized spacial score (nSPS) is 11.3. The summed E-state index contributed by atoms with van der Waals surface area (Å²) in [6.45, 7) is 1.92. The number of fused-ring (bicyclic) bond motifs is 2. The van der Waals surface area contributed by atoms with Crippen molar-refractivity contribution in [2.75, 3.05) is 11.9 Å². The first-order valence-electron chi connectivity index (χ1n) is 9.29. The lowest BCUT2D eigenvalue weighted by molar-refractivity contribution is 0.0526. The first kappa shape index (κ1) is 19.7. The number of aromatic nitrogens is 1. The molecule has 0 spiro atoms. The monoisotopic (exact) mass is 420 g/mol. The van der Waals surface area contributed by atoms with Crippen molar-refractivity contribution in [3.8, 4) is 0 Å². The lowest BCUT2D eigenvalue weighted by Gasteiger charge is -2.08. The largest absolute Gasteiger partial charge is 0.462 e. The van der Waals surface area contributed by atoms with Crippen molar-refractivity contribution < 1.29 is 13.9 Å². The van der Waals surface area contributed by atoms with Gasteiger partial charge < -0.3 is 14.5 Å². The highest BCUT2D eigenvalue weighted by Crippen LogP contribution is 2.21. The Morgan fingerprint density at radius 3 is 2.70 bits per heavy atom. The molecule has 0 fully saturated rings. The third kappa shape index (κ3) is 3.90. The van der Waals surface area contributed by atoms with E-state index in [-0.39, 0.29) is 28.7 Å². The van der Waals surface area contributed by atoms with Crippen molar-refractivity contribution in [3.05, 3.63) is 87.3 Å².